The molecule has 1 aromatic carbocycles. The summed E-state index contributed by atoms with van der Waals surface area (Å²) in [5.74, 6) is 0. The Labute approximate surface area is 116 Å². The average molecular weight is 279 g/mol. The minimum Gasteiger partial charge on any atom is -0.382 e. The maximum Gasteiger partial charge on any atom is 0.208 e. The largest absolute Gasteiger partial charge is 0.382 e. The first-order chi connectivity index (χ1) is 8.98. The summed E-state index contributed by atoms with van der Waals surface area (Å²) < 4.78 is 25.0. The Morgan fingerprint density at radius 2 is 1.84 bits per heavy atom. The molecule has 0 aliphatic carbocycles. The fourth-order valence-electron chi connectivity index (χ4n) is 1.56. The molecule has 0 fully saturated rings. The maximum atomic E-state index is 12.5. The summed E-state index contributed by atoms with van der Waals surface area (Å²) in [6.45, 7) is 2.06. The van der Waals surface area contributed by atoms with Crippen LogP contribution in [0, 0.1) is 0 Å². The SMILES string of the molecule is CCC/C=C/C(=C\N(C)C)S(=O)(=O)c1ccccc1. The molecule has 1 rings (SSSR count). The van der Waals surface area contributed by atoms with E-state index in [1.54, 1.807) is 47.5 Å². The van der Waals surface area contributed by atoms with Gasteiger partial charge in [-0.15, -0.1) is 0 Å². The van der Waals surface area contributed by atoms with Crippen molar-refractivity contribution in [1.82, 2.24) is 4.90 Å². The number of allylic oxidation sites excluding steroid dienone is 2. The van der Waals surface area contributed by atoms with Crippen LogP contribution < -0.4 is 0 Å². The summed E-state index contributed by atoms with van der Waals surface area (Å²) in [7, 11) is 0.183. The molecule has 19 heavy (non-hydrogen) atoms. The van der Waals surface area contributed by atoms with Crippen LogP contribution in [0.5, 0.6) is 0 Å². The predicted molar refractivity (Wildman–Crippen MR) is 79.4 cm³/mol. The molecule has 0 heterocycles. The van der Waals surface area contributed by atoms with Crippen molar-refractivity contribution in [2.45, 2.75) is 24.7 Å². The van der Waals surface area contributed by atoms with Crippen LogP contribution in [-0.2, 0) is 9.84 Å². The van der Waals surface area contributed by atoms with Gasteiger partial charge in [-0.3, -0.25) is 0 Å². The van der Waals surface area contributed by atoms with Crippen molar-refractivity contribution in [1.29, 1.82) is 0 Å². The molecule has 104 valence electrons. The molecule has 0 spiro atoms. The number of hydrogen-bond acceptors (Lipinski definition) is 3. The van der Waals surface area contributed by atoms with Crippen molar-refractivity contribution in [2.24, 2.45) is 0 Å². The average Bonchev–Trinajstić information content (AvgIpc) is 2.38. The Morgan fingerprint density at radius 3 is 2.37 bits per heavy atom. The van der Waals surface area contributed by atoms with Gasteiger partial charge in [-0.25, -0.2) is 8.42 Å². The molecule has 0 amide bonds. The molecular weight excluding hydrogens is 258 g/mol. The highest BCUT2D eigenvalue weighted by molar-refractivity contribution is 7.95. The fourth-order valence-corrected chi connectivity index (χ4v) is 2.97. The Morgan fingerprint density at radius 1 is 1.21 bits per heavy atom. The highest BCUT2D eigenvalue weighted by atomic mass is 32.2. The zero-order chi connectivity index (χ0) is 14.3. The molecule has 0 aromatic heterocycles. The quantitative estimate of drug-likeness (QED) is 0.750. The molecule has 0 atom stereocenters. The number of unbranched alkanes of at least 4 members (excludes halogenated alkanes) is 1. The van der Waals surface area contributed by atoms with E-state index in [2.05, 4.69) is 6.92 Å². The number of rotatable bonds is 6. The molecule has 0 radical (unpaired) electrons. The first-order valence-electron chi connectivity index (χ1n) is 6.33. The first-order valence-corrected chi connectivity index (χ1v) is 7.81. The van der Waals surface area contributed by atoms with Gasteiger partial charge in [0.2, 0.25) is 9.84 Å². The van der Waals surface area contributed by atoms with Crippen LogP contribution in [0.1, 0.15) is 19.8 Å². The summed E-state index contributed by atoms with van der Waals surface area (Å²) in [5.41, 5.74) is 0. The monoisotopic (exact) mass is 279 g/mol. The lowest BCUT2D eigenvalue weighted by Gasteiger charge is -2.10. The third-order valence-corrected chi connectivity index (χ3v) is 4.24. The normalized spacial score (nSPS) is 12.9. The van der Waals surface area contributed by atoms with Crippen LogP contribution in [0.2, 0.25) is 0 Å². The number of nitrogens with zero attached hydrogens (tertiary/aromatic N) is 1. The molecule has 1 aromatic rings. The summed E-state index contributed by atoms with van der Waals surface area (Å²) >= 11 is 0. The second-order valence-electron chi connectivity index (χ2n) is 4.50. The molecular formula is C15H21NO2S. The van der Waals surface area contributed by atoms with Gasteiger partial charge in [-0.1, -0.05) is 37.6 Å². The van der Waals surface area contributed by atoms with Gasteiger partial charge >= 0.3 is 0 Å². The summed E-state index contributed by atoms with van der Waals surface area (Å²) in [6, 6.07) is 8.51. The topological polar surface area (TPSA) is 37.4 Å². The maximum absolute atomic E-state index is 12.5. The lowest BCUT2D eigenvalue weighted by molar-refractivity contribution is 0.558. The van der Waals surface area contributed by atoms with Crippen LogP contribution in [-0.4, -0.2) is 27.4 Å². The smallest absolute Gasteiger partial charge is 0.208 e. The van der Waals surface area contributed by atoms with Gasteiger partial charge in [0, 0.05) is 20.3 Å². The lowest BCUT2D eigenvalue weighted by Crippen LogP contribution is -2.09. The van der Waals surface area contributed by atoms with Gasteiger partial charge in [0.25, 0.3) is 0 Å². The van der Waals surface area contributed by atoms with Crippen LogP contribution in [0.3, 0.4) is 0 Å². The molecule has 0 N–H and O–H groups in total. The zero-order valence-electron chi connectivity index (χ0n) is 11.7. The van der Waals surface area contributed by atoms with E-state index in [0.29, 0.717) is 9.80 Å². The van der Waals surface area contributed by atoms with E-state index in [1.807, 2.05) is 20.2 Å². The van der Waals surface area contributed by atoms with E-state index < -0.39 is 9.84 Å². The van der Waals surface area contributed by atoms with Gasteiger partial charge in [0.15, 0.2) is 0 Å². The lowest BCUT2D eigenvalue weighted by atomic mass is 10.3. The Kier molecular flexibility index (Phi) is 5.83. The molecule has 4 heteroatoms. The predicted octanol–water partition coefficient (Wildman–Crippen LogP) is 3.22. The first kappa shape index (κ1) is 15.5. The molecule has 0 saturated heterocycles. The Bertz CT molecular complexity index is 543. The molecule has 3 nitrogen and oxygen atoms in total. The van der Waals surface area contributed by atoms with Crippen LogP contribution in [0.4, 0.5) is 0 Å². The van der Waals surface area contributed by atoms with Crippen LogP contribution in [0.25, 0.3) is 0 Å². The van der Waals surface area contributed by atoms with Gasteiger partial charge in [0.05, 0.1) is 9.80 Å². The van der Waals surface area contributed by atoms with Crippen LogP contribution >= 0.6 is 0 Å². The number of benzene rings is 1. The molecule has 0 unspecified atom stereocenters. The van der Waals surface area contributed by atoms with Gasteiger partial charge < -0.3 is 4.90 Å². The second kappa shape index (κ2) is 7.14. The van der Waals surface area contributed by atoms with Crippen molar-refractivity contribution in [2.75, 3.05) is 14.1 Å². The minimum absolute atomic E-state index is 0.317. The van der Waals surface area contributed by atoms with Crippen LogP contribution in [0.15, 0.2) is 58.5 Å². The van der Waals surface area contributed by atoms with Crippen molar-refractivity contribution in [3.63, 3.8) is 0 Å². The van der Waals surface area contributed by atoms with Gasteiger partial charge in [-0.05, 0) is 24.6 Å². The van der Waals surface area contributed by atoms with Gasteiger partial charge in [0.1, 0.15) is 0 Å². The summed E-state index contributed by atoms with van der Waals surface area (Å²) in [6.07, 6.45) is 7.09. The van der Waals surface area contributed by atoms with Gasteiger partial charge in [-0.2, -0.15) is 0 Å². The fraction of sp³-hybridized carbons (Fsp3) is 0.333. The third-order valence-electron chi connectivity index (χ3n) is 2.49. The van der Waals surface area contributed by atoms with Crippen molar-refractivity contribution in [3.05, 3.63) is 53.6 Å². The van der Waals surface area contributed by atoms with E-state index in [-0.39, 0.29) is 0 Å². The van der Waals surface area contributed by atoms with E-state index in [0.717, 1.165) is 12.8 Å². The molecule has 0 saturated carbocycles. The summed E-state index contributed by atoms with van der Waals surface area (Å²) in [5, 5.41) is 0. The summed E-state index contributed by atoms with van der Waals surface area (Å²) in [4.78, 5) is 2.38. The van der Waals surface area contributed by atoms with E-state index >= 15 is 0 Å². The molecule has 0 aliphatic heterocycles. The third kappa shape index (κ3) is 4.56. The zero-order valence-corrected chi connectivity index (χ0v) is 12.5. The van der Waals surface area contributed by atoms with Crippen molar-refractivity contribution in [3.8, 4) is 0 Å². The standard InChI is InChI=1S/C15H21NO2S/c1-4-5-7-12-15(13-16(2)3)19(17,18)14-10-8-6-9-11-14/h6-13H,4-5H2,1-3H3/b12-7+,15-13+. The number of hydrogen-bond donors (Lipinski definition) is 0. The highest BCUT2D eigenvalue weighted by Gasteiger charge is 2.18. The van der Waals surface area contributed by atoms with E-state index in [1.165, 1.54) is 0 Å². The Hall–Kier alpha value is -1.55. The minimum atomic E-state index is -3.44. The Balaban J connectivity index is 3.18. The second-order valence-corrected chi connectivity index (χ2v) is 6.45. The van der Waals surface area contributed by atoms with Crippen molar-refractivity contribution < 1.29 is 8.42 Å². The van der Waals surface area contributed by atoms with E-state index in [9.17, 15) is 8.42 Å². The van der Waals surface area contributed by atoms with Crippen molar-refractivity contribution >= 4 is 9.84 Å². The molecule has 0 aliphatic rings. The molecule has 0 bridgehead atoms. The highest BCUT2D eigenvalue weighted by Crippen LogP contribution is 2.20. The van der Waals surface area contributed by atoms with E-state index in [4.69, 9.17) is 0 Å². The number of sulfone groups is 1.